The van der Waals surface area contributed by atoms with Gasteiger partial charge in [0.1, 0.15) is 5.60 Å². The fraction of sp³-hybridized carbons (Fsp3) is 0.593. The minimum absolute atomic E-state index is 0.0358. The van der Waals surface area contributed by atoms with Gasteiger partial charge in [-0.1, -0.05) is 50.7 Å². The Morgan fingerprint density at radius 3 is 2.47 bits per heavy atom. The van der Waals surface area contributed by atoms with Crippen LogP contribution in [0.2, 0.25) is 0 Å². The van der Waals surface area contributed by atoms with Gasteiger partial charge in [0.25, 0.3) is 0 Å². The predicted molar refractivity (Wildman–Crippen MR) is 120 cm³/mol. The van der Waals surface area contributed by atoms with Gasteiger partial charge in [0, 0.05) is 16.9 Å². The Morgan fingerprint density at radius 1 is 1.07 bits per heavy atom. The van der Waals surface area contributed by atoms with E-state index < -0.39 is 5.60 Å². The van der Waals surface area contributed by atoms with Gasteiger partial charge in [0.2, 0.25) is 0 Å². The van der Waals surface area contributed by atoms with Gasteiger partial charge >= 0.3 is 0 Å². The summed E-state index contributed by atoms with van der Waals surface area (Å²) in [5.74, 6) is 6.68. The highest BCUT2D eigenvalue weighted by atomic mass is 16.3. The van der Waals surface area contributed by atoms with Gasteiger partial charge in [0.05, 0.1) is 6.10 Å². The molecule has 30 heavy (non-hydrogen) atoms. The van der Waals surface area contributed by atoms with Crippen molar-refractivity contribution >= 4 is 11.9 Å². The second-order valence-electron chi connectivity index (χ2n) is 10.0. The number of benzene rings is 1. The van der Waals surface area contributed by atoms with E-state index in [0.29, 0.717) is 6.42 Å². The van der Waals surface area contributed by atoms with Crippen molar-refractivity contribution in [3.8, 4) is 11.8 Å². The van der Waals surface area contributed by atoms with E-state index in [0.717, 1.165) is 61.6 Å². The Kier molecular flexibility index (Phi) is 5.93. The molecule has 2 N–H and O–H groups in total. The van der Waals surface area contributed by atoms with Gasteiger partial charge in [-0.15, -0.1) is 0 Å². The number of allylic oxidation sites excluding steroid dienone is 1. The normalized spacial score (nSPS) is 34.7. The maximum Gasteiger partial charge on any atom is 0.161 e. The first-order chi connectivity index (χ1) is 14.3. The number of Topliss-reactive ketones (excluding diaryl/α,β-unsaturated/α-hetero) is 1. The SMILES string of the molecule is CC1C(=O)/C(=C/c2ccc(C#CC3(O)CCCCC3)cc2)C[C@@]2(C)C1CCC[C@@H]2O. The van der Waals surface area contributed by atoms with Crippen LogP contribution < -0.4 is 0 Å². The molecule has 0 spiro atoms. The molecule has 4 atom stereocenters. The molecule has 0 amide bonds. The van der Waals surface area contributed by atoms with Crippen molar-refractivity contribution in [2.45, 2.75) is 83.3 Å². The van der Waals surface area contributed by atoms with Crippen LogP contribution in [0.15, 0.2) is 29.8 Å². The molecule has 1 aromatic carbocycles. The lowest BCUT2D eigenvalue weighted by Gasteiger charge is -2.51. The van der Waals surface area contributed by atoms with Crippen molar-refractivity contribution in [2.75, 3.05) is 0 Å². The number of fused-ring (bicyclic) bond motifs is 1. The molecule has 1 aromatic rings. The molecule has 3 heteroatoms. The summed E-state index contributed by atoms with van der Waals surface area (Å²) in [6.07, 6.45) is 9.97. The van der Waals surface area contributed by atoms with Crippen LogP contribution in [0.3, 0.4) is 0 Å². The Labute approximate surface area is 180 Å². The third-order valence-electron chi connectivity index (χ3n) is 7.88. The summed E-state index contributed by atoms with van der Waals surface area (Å²) in [6.45, 7) is 4.19. The summed E-state index contributed by atoms with van der Waals surface area (Å²) in [5, 5.41) is 21.3. The molecule has 3 fully saturated rings. The Hall–Kier alpha value is -1.89. The van der Waals surface area contributed by atoms with E-state index >= 15 is 0 Å². The zero-order chi connectivity index (χ0) is 21.4. The number of ketones is 1. The number of carbonyl (C=O) groups excluding carboxylic acids is 1. The molecule has 0 saturated heterocycles. The maximum atomic E-state index is 13.0. The molecule has 160 valence electrons. The van der Waals surface area contributed by atoms with E-state index in [2.05, 4.69) is 18.8 Å². The lowest BCUT2D eigenvalue weighted by molar-refractivity contribution is -0.133. The summed E-state index contributed by atoms with van der Waals surface area (Å²) < 4.78 is 0. The number of carbonyl (C=O) groups is 1. The van der Waals surface area contributed by atoms with Crippen LogP contribution in [0, 0.1) is 29.1 Å². The van der Waals surface area contributed by atoms with E-state index in [9.17, 15) is 15.0 Å². The number of hydrogen-bond donors (Lipinski definition) is 2. The second kappa shape index (κ2) is 8.33. The first-order valence-electron chi connectivity index (χ1n) is 11.6. The van der Waals surface area contributed by atoms with Crippen molar-refractivity contribution in [3.05, 3.63) is 41.0 Å². The van der Waals surface area contributed by atoms with Crippen molar-refractivity contribution in [3.63, 3.8) is 0 Å². The lowest BCUT2D eigenvalue weighted by atomic mass is 9.54. The van der Waals surface area contributed by atoms with Gasteiger partial charge < -0.3 is 10.2 Å². The minimum Gasteiger partial charge on any atom is -0.393 e. The zero-order valence-corrected chi connectivity index (χ0v) is 18.3. The van der Waals surface area contributed by atoms with Gasteiger partial charge in [-0.2, -0.15) is 0 Å². The van der Waals surface area contributed by atoms with Gasteiger partial charge in [-0.25, -0.2) is 0 Å². The Morgan fingerprint density at radius 2 is 1.77 bits per heavy atom. The van der Waals surface area contributed by atoms with Crippen molar-refractivity contribution in [1.82, 2.24) is 0 Å². The minimum atomic E-state index is -0.837. The highest BCUT2D eigenvalue weighted by Crippen LogP contribution is 2.53. The molecule has 3 aliphatic carbocycles. The predicted octanol–water partition coefficient (Wildman–Crippen LogP) is 4.89. The van der Waals surface area contributed by atoms with Crippen LogP contribution in [0.4, 0.5) is 0 Å². The monoisotopic (exact) mass is 406 g/mol. The first-order valence-corrected chi connectivity index (χ1v) is 11.6. The molecule has 0 bridgehead atoms. The molecule has 3 saturated carbocycles. The van der Waals surface area contributed by atoms with Crippen LogP contribution in [0.25, 0.3) is 6.08 Å². The topological polar surface area (TPSA) is 57.5 Å². The second-order valence-corrected chi connectivity index (χ2v) is 10.0. The smallest absolute Gasteiger partial charge is 0.161 e. The van der Waals surface area contributed by atoms with E-state index in [1.165, 1.54) is 6.42 Å². The van der Waals surface area contributed by atoms with Crippen LogP contribution in [0.1, 0.15) is 82.8 Å². The van der Waals surface area contributed by atoms with Gasteiger partial charge in [0.15, 0.2) is 5.78 Å². The van der Waals surface area contributed by atoms with Crippen LogP contribution in [-0.4, -0.2) is 27.7 Å². The number of hydrogen-bond acceptors (Lipinski definition) is 3. The molecule has 3 aliphatic rings. The molecular weight excluding hydrogens is 372 g/mol. The molecule has 3 nitrogen and oxygen atoms in total. The molecule has 0 aromatic heterocycles. The summed E-state index contributed by atoms with van der Waals surface area (Å²) in [6, 6.07) is 7.90. The van der Waals surface area contributed by atoms with E-state index in [-0.39, 0.29) is 29.1 Å². The molecular formula is C27H34O3. The van der Waals surface area contributed by atoms with Crippen LogP contribution >= 0.6 is 0 Å². The summed E-state index contributed by atoms with van der Waals surface area (Å²) >= 11 is 0. The maximum absolute atomic E-state index is 13.0. The third kappa shape index (κ3) is 4.13. The van der Waals surface area contributed by atoms with Crippen LogP contribution in [0.5, 0.6) is 0 Å². The largest absolute Gasteiger partial charge is 0.393 e. The van der Waals surface area contributed by atoms with Gasteiger partial charge in [-0.3, -0.25) is 4.79 Å². The first kappa shape index (κ1) is 21.3. The van der Waals surface area contributed by atoms with E-state index in [1.807, 2.05) is 37.3 Å². The molecule has 2 unspecified atom stereocenters. The van der Waals surface area contributed by atoms with Crippen molar-refractivity contribution in [2.24, 2.45) is 17.3 Å². The quantitative estimate of drug-likeness (QED) is 0.515. The standard InChI is InChI=1S/C27H34O3/c1-19-23-7-6-8-24(28)26(23,2)18-22(25(19)29)17-21-11-9-20(10-12-21)13-16-27(30)14-4-3-5-15-27/h9-12,17,19,23-24,28,30H,3-8,14-15,18H2,1-2H3/b22-17+/t19?,23?,24-,26-/m0/s1. The number of rotatable bonds is 1. The highest BCUT2D eigenvalue weighted by molar-refractivity contribution is 6.02. The zero-order valence-electron chi connectivity index (χ0n) is 18.3. The van der Waals surface area contributed by atoms with Crippen molar-refractivity contribution in [1.29, 1.82) is 0 Å². The average Bonchev–Trinajstić information content (AvgIpc) is 2.73. The van der Waals surface area contributed by atoms with Crippen molar-refractivity contribution < 1.29 is 15.0 Å². The lowest BCUT2D eigenvalue weighted by Crippen LogP contribution is -2.51. The number of aliphatic hydroxyl groups is 2. The van der Waals surface area contributed by atoms with E-state index in [1.54, 1.807) is 0 Å². The number of aliphatic hydroxyl groups excluding tert-OH is 1. The Bertz CT molecular complexity index is 879. The summed E-state index contributed by atoms with van der Waals surface area (Å²) in [7, 11) is 0. The molecule has 0 heterocycles. The highest BCUT2D eigenvalue weighted by Gasteiger charge is 2.51. The fourth-order valence-electron chi connectivity index (χ4n) is 5.92. The fourth-order valence-corrected chi connectivity index (χ4v) is 5.92. The molecule has 0 aliphatic heterocycles. The van der Waals surface area contributed by atoms with Crippen LogP contribution in [-0.2, 0) is 4.79 Å². The molecule has 4 rings (SSSR count). The van der Waals surface area contributed by atoms with Gasteiger partial charge in [-0.05, 0) is 80.2 Å². The summed E-state index contributed by atoms with van der Waals surface area (Å²) in [4.78, 5) is 13.0. The van der Waals surface area contributed by atoms with E-state index in [4.69, 9.17) is 0 Å². The summed E-state index contributed by atoms with van der Waals surface area (Å²) in [5.41, 5.74) is 1.65. The third-order valence-corrected chi connectivity index (χ3v) is 7.88. The average molecular weight is 407 g/mol. The Balaban J connectivity index is 1.53. The molecule has 0 radical (unpaired) electrons.